The third-order valence-electron chi connectivity index (χ3n) is 5.58. The Morgan fingerprint density at radius 1 is 0.742 bits per heavy atom. The predicted molar refractivity (Wildman–Crippen MR) is 127 cm³/mol. The predicted octanol–water partition coefficient (Wildman–Crippen LogP) is 5.56. The molecule has 0 aliphatic carbocycles. The standard InChI is InChI=1S/C25H48N2O4/c1-3-4-5-6-7-8-9-10-11-12-13-14-15-16-17-18-21-31-25(30)23(27-22(2)28)19-20-24(26)29/h23H,3-21H2,1-2H3,(H2,26,29)(H,27,28)/t23-/m0/s1. The van der Waals surface area contributed by atoms with Crippen LogP contribution in [0.5, 0.6) is 0 Å². The first-order valence-electron chi connectivity index (χ1n) is 12.7. The Labute approximate surface area is 190 Å². The smallest absolute Gasteiger partial charge is 0.328 e. The van der Waals surface area contributed by atoms with Crippen molar-refractivity contribution in [1.29, 1.82) is 0 Å². The second kappa shape index (κ2) is 21.6. The molecule has 0 rings (SSSR count). The molecule has 31 heavy (non-hydrogen) atoms. The number of hydrogen-bond acceptors (Lipinski definition) is 4. The Balaban J connectivity index is 3.48. The number of nitrogens with two attached hydrogens (primary N) is 1. The van der Waals surface area contributed by atoms with Gasteiger partial charge in [-0.15, -0.1) is 0 Å². The van der Waals surface area contributed by atoms with Crippen molar-refractivity contribution in [3.63, 3.8) is 0 Å². The Hall–Kier alpha value is -1.59. The summed E-state index contributed by atoms with van der Waals surface area (Å²) in [6.45, 7) is 3.95. The summed E-state index contributed by atoms with van der Waals surface area (Å²) in [5.74, 6) is -1.31. The van der Waals surface area contributed by atoms with Gasteiger partial charge in [-0.2, -0.15) is 0 Å². The van der Waals surface area contributed by atoms with Gasteiger partial charge < -0.3 is 15.8 Å². The number of unbranched alkanes of at least 4 members (excludes halogenated alkanes) is 15. The van der Waals surface area contributed by atoms with E-state index < -0.39 is 17.9 Å². The van der Waals surface area contributed by atoms with E-state index in [2.05, 4.69) is 12.2 Å². The van der Waals surface area contributed by atoms with Crippen LogP contribution >= 0.6 is 0 Å². The number of nitrogens with one attached hydrogen (secondary N) is 1. The second-order valence-electron chi connectivity index (χ2n) is 8.73. The zero-order chi connectivity index (χ0) is 23.2. The van der Waals surface area contributed by atoms with Crippen molar-refractivity contribution in [2.75, 3.05) is 6.61 Å². The molecule has 0 spiro atoms. The number of ether oxygens (including phenoxy) is 1. The van der Waals surface area contributed by atoms with E-state index in [1.54, 1.807) is 0 Å². The molecule has 0 heterocycles. The summed E-state index contributed by atoms with van der Waals surface area (Å²) in [4.78, 5) is 34.2. The molecular weight excluding hydrogens is 392 g/mol. The monoisotopic (exact) mass is 440 g/mol. The summed E-state index contributed by atoms with van der Waals surface area (Å²) in [7, 11) is 0. The number of carbonyl (C=O) groups excluding carboxylic acids is 3. The van der Waals surface area contributed by atoms with Crippen molar-refractivity contribution >= 4 is 17.8 Å². The lowest BCUT2D eigenvalue weighted by atomic mass is 10.0. The molecule has 3 N–H and O–H groups in total. The molecule has 0 bridgehead atoms. The highest BCUT2D eigenvalue weighted by atomic mass is 16.5. The average Bonchev–Trinajstić information content (AvgIpc) is 2.72. The Kier molecular flexibility index (Phi) is 20.5. The molecule has 0 aromatic carbocycles. The van der Waals surface area contributed by atoms with Gasteiger partial charge in [0.1, 0.15) is 6.04 Å². The summed E-state index contributed by atoms with van der Waals surface area (Å²) >= 11 is 0. The maximum atomic E-state index is 12.1. The lowest BCUT2D eigenvalue weighted by Gasteiger charge is -2.16. The average molecular weight is 441 g/mol. The van der Waals surface area contributed by atoms with Crippen molar-refractivity contribution in [1.82, 2.24) is 5.32 Å². The molecule has 6 heteroatoms. The molecule has 1 atom stereocenters. The van der Waals surface area contributed by atoms with Crippen molar-refractivity contribution < 1.29 is 19.1 Å². The summed E-state index contributed by atoms with van der Waals surface area (Å²) in [5.41, 5.74) is 5.11. The normalized spacial score (nSPS) is 11.8. The van der Waals surface area contributed by atoms with Crippen molar-refractivity contribution in [2.45, 2.75) is 135 Å². The number of amides is 2. The van der Waals surface area contributed by atoms with E-state index in [1.165, 1.54) is 90.4 Å². The van der Waals surface area contributed by atoms with Gasteiger partial charge in [0.15, 0.2) is 0 Å². The van der Waals surface area contributed by atoms with Crippen LogP contribution in [-0.4, -0.2) is 30.4 Å². The van der Waals surface area contributed by atoms with E-state index in [0.29, 0.717) is 6.61 Å². The van der Waals surface area contributed by atoms with Crippen LogP contribution in [-0.2, 0) is 19.1 Å². The zero-order valence-electron chi connectivity index (χ0n) is 20.2. The first-order valence-corrected chi connectivity index (χ1v) is 12.7. The van der Waals surface area contributed by atoms with Gasteiger partial charge in [0.25, 0.3) is 0 Å². The third-order valence-corrected chi connectivity index (χ3v) is 5.58. The summed E-state index contributed by atoms with van der Waals surface area (Å²) < 4.78 is 5.25. The minimum absolute atomic E-state index is 0.0408. The molecule has 0 aliphatic rings. The molecular formula is C25H48N2O4. The molecule has 182 valence electrons. The van der Waals surface area contributed by atoms with Gasteiger partial charge in [0, 0.05) is 13.3 Å². The molecule has 0 aromatic rings. The van der Waals surface area contributed by atoms with Crippen LogP contribution in [0.3, 0.4) is 0 Å². The molecule has 0 radical (unpaired) electrons. The molecule has 2 amide bonds. The fourth-order valence-electron chi connectivity index (χ4n) is 3.70. The van der Waals surface area contributed by atoms with E-state index >= 15 is 0 Å². The molecule has 0 saturated heterocycles. The van der Waals surface area contributed by atoms with Crippen LogP contribution < -0.4 is 11.1 Å². The van der Waals surface area contributed by atoms with Crippen LogP contribution in [0.4, 0.5) is 0 Å². The quantitative estimate of drug-likeness (QED) is 0.170. The highest BCUT2D eigenvalue weighted by Crippen LogP contribution is 2.13. The third kappa shape index (κ3) is 21.4. The van der Waals surface area contributed by atoms with Crippen molar-refractivity contribution in [3.8, 4) is 0 Å². The van der Waals surface area contributed by atoms with E-state index in [4.69, 9.17) is 10.5 Å². The summed E-state index contributed by atoms with van der Waals surface area (Å²) in [6, 6.07) is -0.800. The lowest BCUT2D eigenvalue weighted by molar-refractivity contribution is -0.148. The largest absolute Gasteiger partial charge is 0.464 e. The van der Waals surface area contributed by atoms with Gasteiger partial charge in [-0.1, -0.05) is 103 Å². The fourth-order valence-corrected chi connectivity index (χ4v) is 3.70. The van der Waals surface area contributed by atoms with Gasteiger partial charge in [-0.3, -0.25) is 9.59 Å². The summed E-state index contributed by atoms with van der Waals surface area (Å²) in [6.07, 6.45) is 21.0. The number of hydrogen-bond donors (Lipinski definition) is 2. The van der Waals surface area contributed by atoms with Crippen molar-refractivity contribution in [3.05, 3.63) is 0 Å². The SMILES string of the molecule is CCCCCCCCCCCCCCCCCCOC(=O)[C@H](CCC(N)=O)NC(C)=O. The highest BCUT2D eigenvalue weighted by Gasteiger charge is 2.21. The number of primary amides is 1. The molecule has 0 unspecified atom stereocenters. The van der Waals surface area contributed by atoms with Gasteiger partial charge in [0.2, 0.25) is 11.8 Å². The van der Waals surface area contributed by atoms with E-state index in [1.807, 2.05) is 0 Å². The van der Waals surface area contributed by atoms with E-state index in [9.17, 15) is 14.4 Å². The Morgan fingerprint density at radius 3 is 1.55 bits per heavy atom. The van der Waals surface area contributed by atoms with Crippen LogP contribution in [0.1, 0.15) is 129 Å². The zero-order valence-corrected chi connectivity index (χ0v) is 20.2. The van der Waals surface area contributed by atoms with Crippen LogP contribution in [0, 0.1) is 0 Å². The molecule has 0 saturated carbocycles. The fraction of sp³-hybridized carbons (Fsp3) is 0.880. The number of rotatable bonds is 22. The molecule has 6 nitrogen and oxygen atoms in total. The van der Waals surface area contributed by atoms with Gasteiger partial charge in [-0.25, -0.2) is 4.79 Å². The minimum atomic E-state index is -0.800. The topological polar surface area (TPSA) is 98.5 Å². The van der Waals surface area contributed by atoms with E-state index in [-0.39, 0.29) is 18.7 Å². The summed E-state index contributed by atoms with van der Waals surface area (Å²) in [5, 5.41) is 2.52. The first-order chi connectivity index (χ1) is 15.0. The molecule has 0 aliphatic heterocycles. The first kappa shape index (κ1) is 29.4. The Morgan fingerprint density at radius 2 is 1.16 bits per heavy atom. The molecule has 0 aromatic heterocycles. The van der Waals surface area contributed by atoms with Crippen molar-refractivity contribution in [2.24, 2.45) is 5.73 Å². The minimum Gasteiger partial charge on any atom is -0.464 e. The Bertz CT molecular complexity index is 468. The van der Waals surface area contributed by atoms with Gasteiger partial charge in [0.05, 0.1) is 6.61 Å². The maximum Gasteiger partial charge on any atom is 0.328 e. The lowest BCUT2D eigenvalue weighted by Crippen LogP contribution is -2.41. The van der Waals surface area contributed by atoms with E-state index in [0.717, 1.165) is 19.3 Å². The molecule has 0 fully saturated rings. The number of esters is 1. The maximum absolute atomic E-state index is 12.1. The second-order valence-corrected chi connectivity index (χ2v) is 8.73. The van der Waals surface area contributed by atoms with Gasteiger partial charge >= 0.3 is 5.97 Å². The van der Waals surface area contributed by atoms with Gasteiger partial charge in [-0.05, 0) is 12.8 Å². The number of carbonyl (C=O) groups is 3. The van der Waals surface area contributed by atoms with Crippen LogP contribution in [0.2, 0.25) is 0 Å². The highest BCUT2D eigenvalue weighted by molar-refractivity contribution is 5.84. The van der Waals surface area contributed by atoms with Crippen LogP contribution in [0.15, 0.2) is 0 Å². The van der Waals surface area contributed by atoms with Crippen LogP contribution in [0.25, 0.3) is 0 Å².